The Bertz CT molecular complexity index is 825. The van der Waals surface area contributed by atoms with Crippen molar-refractivity contribution < 1.29 is 19.1 Å². The van der Waals surface area contributed by atoms with Gasteiger partial charge in [-0.3, -0.25) is 4.79 Å². The van der Waals surface area contributed by atoms with Crippen LogP contribution in [0.5, 0.6) is 5.75 Å². The van der Waals surface area contributed by atoms with Gasteiger partial charge in [-0.25, -0.2) is 4.79 Å². The second-order valence-electron chi connectivity index (χ2n) is 5.85. The summed E-state index contributed by atoms with van der Waals surface area (Å²) in [4.78, 5) is 23.7. The number of nitrogens with one attached hydrogen (secondary N) is 1. The third-order valence-electron chi connectivity index (χ3n) is 3.57. The van der Waals surface area contributed by atoms with Gasteiger partial charge in [0.05, 0.1) is 5.56 Å². The van der Waals surface area contributed by atoms with Crippen LogP contribution in [0.15, 0.2) is 48.5 Å². The number of benzene rings is 2. The van der Waals surface area contributed by atoms with E-state index in [1.165, 1.54) is 0 Å². The molecule has 2 aromatic carbocycles. The van der Waals surface area contributed by atoms with Crippen molar-refractivity contribution in [2.45, 2.75) is 19.8 Å². The number of nitrogens with zero attached hydrogens (tertiary/aromatic N) is 1. The molecule has 2 aromatic rings. The van der Waals surface area contributed by atoms with Crippen molar-refractivity contribution in [1.82, 2.24) is 0 Å². The minimum Gasteiger partial charge on any atom is -0.481 e. The lowest BCUT2D eigenvalue weighted by Gasteiger charge is -2.13. The van der Waals surface area contributed by atoms with E-state index in [1.807, 2.05) is 38.1 Å². The molecule has 0 bridgehead atoms. The van der Waals surface area contributed by atoms with Crippen LogP contribution in [0.3, 0.4) is 0 Å². The number of carbonyl (C=O) groups excluding carboxylic acids is 2. The van der Waals surface area contributed by atoms with Gasteiger partial charge in [0.2, 0.25) is 0 Å². The molecular formula is C20H20N2O4. The first-order valence-electron chi connectivity index (χ1n) is 8.17. The van der Waals surface area contributed by atoms with Crippen molar-refractivity contribution in [3.05, 3.63) is 59.7 Å². The quantitative estimate of drug-likeness (QED) is 0.773. The summed E-state index contributed by atoms with van der Waals surface area (Å²) in [5, 5.41) is 11.7. The zero-order valence-corrected chi connectivity index (χ0v) is 14.7. The third kappa shape index (κ3) is 5.35. The average Bonchev–Trinajstić information content (AvgIpc) is 2.65. The number of para-hydroxylation sites is 2. The van der Waals surface area contributed by atoms with E-state index in [0.29, 0.717) is 17.0 Å². The predicted octanol–water partition coefficient (Wildman–Crippen LogP) is 3.24. The molecule has 6 heteroatoms. The number of hydrogen-bond donors (Lipinski definition) is 1. The molecule has 1 N–H and O–H groups in total. The Morgan fingerprint density at radius 2 is 1.77 bits per heavy atom. The maximum atomic E-state index is 12.0. The molecular weight excluding hydrogens is 332 g/mol. The molecule has 0 aliphatic heterocycles. The lowest BCUT2D eigenvalue weighted by molar-refractivity contribution is -0.149. The topological polar surface area (TPSA) is 88.4 Å². The van der Waals surface area contributed by atoms with Gasteiger partial charge >= 0.3 is 5.97 Å². The van der Waals surface area contributed by atoms with Crippen LogP contribution in [-0.4, -0.2) is 25.1 Å². The summed E-state index contributed by atoms with van der Waals surface area (Å²) in [7, 11) is 0. The zero-order chi connectivity index (χ0) is 18.9. The van der Waals surface area contributed by atoms with E-state index in [2.05, 4.69) is 5.32 Å². The number of anilines is 1. The Hall–Kier alpha value is -3.33. The van der Waals surface area contributed by atoms with Crippen LogP contribution in [0.4, 0.5) is 5.69 Å². The molecule has 0 fully saturated rings. The van der Waals surface area contributed by atoms with Crippen molar-refractivity contribution in [2.24, 2.45) is 0 Å². The Morgan fingerprint density at radius 1 is 1.08 bits per heavy atom. The van der Waals surface area contributed by atoms with E-state index in [-0.39, 0.29) is 12.5 Å². The monoisotopic (exact) mass is 352 g/mol. The summed E-state index contributed by atoms with van der Waals surface area (Å²) < 4.78 is 10.2. The fraction of sp³-hybridized carbons (Fsp3) is 0.250. The first-order chi connectivity index (χ1) is 12.5. The van der Waals surface area contributed by atoms with Gasteiger partial charge in [-0.2, -0.15) is 5.26 Å². The Balaban J connectivity index is 1.82. The van der Waals surface area contributed by atoms with Crippen LogP contribution in [0.2, 0.25) is 0 Å². The van der Waals surface area contributed by atoms with Crippen molar-refractivity contribution in [1.29, 1.82) is 5.26 Å². The van der Waals surface area contributed by atoms with Crippen LogP contribution in [0, 0.1) is 11.3 Å². The van der Waals surface area contributed by atoms with Crippen LogP contribution < -0.4 is 10.1 Å². The molecule has 0 saturated carbocycles. The zero-order valence-electron chi connectivity index (χ0n) is 14.7. The fourth-order valence-electron chi connectivity index (χ4n) is 2.31. The molecule has 0 aliphatic rings. The summed E-state index contributed by atoms with van der Waals surface area (Å²) in [6, 6.07) is 16.0. The minimum absolute atomic E-state index is 0.252. The lowest BCUT2D eigenvalue weighted by Crippen LogP contribution is -2.24. The minimum atomic E-state index is -0.690. The predicted molar refractivity (Wildman–Crippen MR) is 96.8 cm³/mol. The number of nitriles is 1. The molecule has 2 rings (SSSR count). The maximum absolute atomic E-state index is 12.0. The highest BCUT2D eigenvalue weighted by molar-refractivity contribution is 5.93. The highest BCUT2D eigenvalue weighted by atomic mass is 16.6. The van der Waals surface area contributed by atoms with Gasteiger partial charge in [0, 0.05) is 5.69 Å². The fourth-order valence-corrected chi connectivity index (χ4v) is 2.31. The SMILES string of the molecule is CC(C)c1ccccc1NC(=O)COC(=O)COc1ccccc1C#N. The van der Waals surface area contributed by atoms with Crippen molar-refractivity contribution in [2.75, 3.05) is 18.5 Å². The van der Waals surface area contributed by atoms with E-state index in [0.717, 1.165) is 5.56 Å². The molecule has 134 valence electrons. The molecule has 1 amide bonds. The molecule has 0 aliphatic carbocycles. The molecule has 0 spiro atoms. The first kappa shape index (κ1) is 19.0. The first-order valence-corrected chi connectivity index (χ1v) is 8.17. The largest absolute Gasteiger partial charge is 0.481 e. The molecule has 0 saturated heterocycles. The second kappa shape index (κ2) is 9.23. The van der Waals surface area contributed by atoms with Gasteiger partial charge in [-0.1, -0.05) is 44.2 Å². The van der Waals surface area contributed by atoms with E-state index < -0.39 is 18.5 Å². The molecule has 0 radical (unpaired) electrons. The van der Waals surface area contributed by atoms with Crippen LogP contribution in [-0.2, 0) is 14.3 Å². The van der Waals surface area contributed by atoms with Gasteiger partial charge in [-0.15, -0.1) is 0 Å². The van der Waals surface area contributed by atoms with Crippen molar-refractivity contribution in [3.63, 3.8) is 0 Å². The standard InChI is InChI=1S/C20H20N2O4/c1-14(2)16-8-4-5-9-17(16)22-19(23)12-26-20(24)13-25-18-10-6-3-7-15(18)11-21/h3-10,14H,12-13H2,1-2H3,(H,22,23). The van der Waals surface area contributed by atoms with E-state index in [4.69, 9.17) is 14.7 Å². The molecule has 0 heterocycles. The van der Waals surface area contributed by atoms with Crippen molar-refractivity contribution in [3.8, 4) is 11.8 Å². The number of amides is 1. The number of ether oxygens (including phenoxy) is 2. The van der Waals surface area contributed by atoms with Crippen LogP contribution in [0.1, 0.15) is 30.9 Å². The Morgan fingerprint density at radius 3 is 2.50 bits per heavy atom. The summed E-state index contributed by atoms with van der Waals surface area (Å²) in [5.41, 5.74) is 2.02. The number of hydrogen-bond acceptors (Lipinski definition) is 5. The van der Waals surface area contributed by atoms with Gasteiger partial charge in [0.25, 0.3) is 5.91 Å². The summed E-state index contributed by atoms with van der Waals surface area (Å²) in [6.07, 6.45) is 0. The normalized spacial score (nSPS) is 10.1. The van der Waals surface area contributed by atoms with E-state index in [9.17, 15) is 9.59 Å². The molecule has 0 aromatic heterocycles. The molecule has 6 nitrogen and oxygen atoms in total. The van der Waals surface area contributed by atoms with Crippen LogP contribution >= 0.6 is 0 Å². The van der Waals surface area contributed by atoms with Crippen LogP contribution in [0.25, 0.3) is 0 Å². The maximum Gasteiger partial charge on any atom is 0.344 e. The highest BCUT2D eigenvalue weighted by Gasteiger charge is 2.12. The third-order valence-corrected chi connectivity index (χ3v) is 3.57. The molecule has 0 unspecified atom stereocenters. The number of rotatable bonds is 7. The lowest BCUT2D eigenvalue weighted by atomic mass is 10.0. The summed E-state index contributed by atoms with van der Waals surface area (Å²) in [5.74, 6) is -0.571. The van der Waals surface area contributed by atoms with E-state index in [1.54, 1.807) is 30.3 Å². The summed E-state index contributed by atoms with van der Waals surface area (Å²) in [6.45, 7) is 3.27. The van der Waals surface area contributed by atoms with Gasteiger partial charge < -0.3 is 14.8 Å². The average molecular weight is 352 g/mol. The smallest absolute Gasteiger partial charge is 0.344 e. The molecule has 0 atom stereocenters. The Kier molecular flexibility index (Phi) is 6.75. The van der Waals surface area contributed by atoms with Crippen molar-refractivity contribution >= 4 is 17.6 Å². The Labute approximate surface area is 152 Å². The van der Waals surface area contributed by atoms with Gasteiger partial charge in [0.1, 0.15) is 11.8 Å². The molecule has 26 heavy (non-hydrogen) atoms. The highest BCUT2D eigenvalue weighted by Crippen LogP contribution is 2.23. The number of esters is 1. The van der Waals surface area contributed by atoms with E-state index >= 15 is 0 Å². The second-order valence-corrected chi connectivity index (χ2v) is 5.85. The van der Waals surface area contributed by atoms with Gasteiger partial charge in [0.15, 0.2) is 13.2 Å². The number of carbonyl (C=O) groups is 2. The summed E-state index contributed by atoms with van der Waals surface area (Å²) >= 11 is 0. The van der Waals surface area contributed by atoms with Gasteiger partial charge in [-0.05, 0) is 29.7 Å².